The zero-order valence-electron chi connectivity index (χ0n) is 13.2. The van der Waals surface area contributed by atoms with E-state index in [0.29, 0.717) is 44.5 Å². The summed E-state index contributed by atoms with van der Waals surface area (Å²) in [4.78, 5) is 12.4. The van der Waals surface area contributed by atoms with Gasteiger partial charge in [0.25, 0.3) is 0 Å². The van der Waals surface area contributed by atoms with Crippen molar-refractivity contribution in [1.82, 2.24) is 9.62 Å². The van der Waals surface area contributed by atoms with Gasteiger partial charge in [-0.1, -0.05) is 30.3 Å². The van der Waals surface area contributed by atoms with E-state index in [4.69, 9.17) is 4.74 Å². The molecule has 2 aliphatic rings. The summed E-state index contributed by atoms with van der Waals surface area (Å²) in [5.41, 5.74) is 0.704. The van der Waals surface area contributed by atoms with Crippen LogP contribution >= 0.6 is 0 Å². The van der Waals surface area contributed by atoms with Crippen molar-refractivity contribution in [2.75, 3.05) is 26.8 Å². The number of benzene rings is 1. The van der Waals surface area contributed by atoms with E-state index in [1.807, 2.05) is 18.2 Å². The van der Waals surface area contributed by atoms with E-state index in [2.05, 4.69) is 5.32 Å². The number of methoxy groups -OCH3 is 1. The van der Waals surface area contributed by atoms with Gasteiger partial charge >= 0.3 is 0 Å². The van der Waals surface area contributed by atoms with Gasteiger partial charge in [-0.15, -0.1) is 0 Å². The van der Waals surface area contributed by atoms with Crippen LogP contribution < -0.4 is 5.32 Å². The fourth-order valence-corrected chi connectivity index (χ4v) is 5.45. The second-order valence-electron chi connectivity index (χ2n) is 6.15. The van der Waals surface area contributed by atoms with Crippen LogP contribution in [0.25, 0.3) is 0 Å². The first kappa shape index (κ1) is 16.4. The molecule has 7 heteroatoms. The van der Waals surface area contributed by atoms with E-state index in [0.717, 1.165) is 0 Å². The molecule has 1 atom stereocenters. The standard InChI is InChI=1S/C16H22N2O4S/c1-22-12-9-16(7-8-16)23(20,21)18-11-10-17-15(19)14(18)13-5-3-2-4-6-13/h2-6,14H,7-12H2,1H3,(H,17,19). The fraction of sp³-hybridized carbons (Fsp3) is 0.562. The molecule has 0 spiro atoms. The lowest BCUT2D eigenvalue weighted by Crippen LogP contribution is -2.54. The van der Waals surface area contributed by atoms with Crippen molar-refractivity contribution in [2.24, 2.45) is 0 Å². The average molecular weight is 338 g/mol. The van der Waals surface area contributed by atoms with E-state index >= 15 is 0 Å². The Morgan fingerprint density at radius 1 is 1.30 bits per heavy atom. The summed E-state index contributed by atoms with van der Waals surface area (Å²) in [6.07, 6.45) is 1.75. The molecule has 3 rings (SSSR count). The van der Waals surface area contributed by atoms with E-state index in [-0.39, 0.29) is 5.91 Å². The van der Waals surface area contributed by atoms with Crippen LogP contribution in [0.3, 0.4) is 0 Å². The van der Waals surface area contributed by atoms with Gasteiger partial charge in [0.2, 0.25) is 15.9 Å². The van der Waals surface area contributed by atoms with Crippen molar-refractivity contribution in [1.29, 1.82) is 0 Å². The van der Waals surface area contributed by atoms with E-state index in [9.17, 15) is 13.2 Å². The molecule has 1 aliphatic heterocycles. The Balaban J connectivity index is 1.94. The van der Waals surface area contributed by atoms with Crippen LogP contribution in [-0.4, -0.2) is 50.2 Å². The largest absolute Gasteiger partial charge is 0.385 e. The average Bonchev–Trinajstić information content (AvgIpc) is 3.35. The number of sulfonamides is 1. The fourth-order valence-electron chi connectivity index (χ4n) is 3.17. The summed E-state index contributed by atoms with van der Waals surface area (Å²) in [5, 5.41) is 2.78. The first-order valence-corrected chi connectivity index (χ1v) is 9.29. The molecule has 1 heterocycles. The first-order chi connectivity index (χ1) is 11.0. The molecule has 1 unspecified atom stereocenters. The van der Waals surface area contributed by atoms with Crippen LogP contribution in [0.1, 0.15) is 30.9 Å². The molecule has 1 saturated carbocycles. The molecule has 1 aliphatic carbocycles. The smallest absolute Gasteiger partial charge is 0.243 e. The Kier molecular flexibility index (Phi) is 4.44. The van der Waals surface area contributed by atoms with Crippen molar-refractivity contribution in [3.63, 3.8) is 0 Å². The molecule has 1 amide bonds. The van der Waals surface area contributed by atoms with Crippen LogP contribution in [0, 0.1) is 0 Å². The van der Waals surface area contributed by atoms with E-state index in [1.54, 1.807) is 19.2 Å². The summed E-state index contributed by atoms with van der Waals surface area (Å²) >= 11 is 0. The molecular formula is C16H22N2O4S. The number of nitrogens with one attached hydrogen (secondary N) is 1. The molecule has 1 aromatic carbocycles. The lowest BCUT2D eigenvalue weighted by Gasteiger charge is -2.36. The minimum Gasteiger partial charge on any atom is -0.385 e. The molecular weight excluding hydrogens is 316 g/mol. The van der Waals surface area contributed by atoms with Gasteiger partial charge in [0, 0.05) is 26.8 Å². The zero-order valence-corrected chi connectivity index (χ0v) is 14.0. The minimum absolute atomic E-state index is 0.256. The van der Waals surface area contributed by atoms with Crippen LogP contribution in [0.2, 0.25) is 0 Å². The lowest BCUT2D eigenvalue weighted by molar-refractivity contribution is -0.126. The second-order valence-corrected chi connectivity index (χ2v) is 8.43. The number of carbonyl (C=O) groups excluding carboxylic acids is 1. The molecule has 1 N–H and O–H groups in total. The van der Waals surface area contributed by atoms with Crippen molar-refractivity contribution in [3.8, 4) is 0 Å². The number of rotatable bonds is 6. The Hall–Kier alpha value is -1.44. The number of hydrogen-bond acceptors (Lipinski definition) is 4. The Morgan fingerprint density at radius 3 is 2.61 bits per heavy atom. The van der Waals surface area contributed by atoms with Crippen molar-refractivity contribution in [2.45, 2.75) is 30.1 Å². The molecule has 0 aromatic heterocycles. The number of amides is 1. The van der Waals surface area contributed by atoms with Crippen molar-refractivity contribution in [3.05, 3.63) is 35.9 Å². The third-order valence-electron chi connectivity index (χ3n) is 4.71. The molecule has 23 heavy (non-hydrogen) atoms. The van der Waals surface area contributed by atoms with Crippen LogP contribution in [0.5, 0.6) is 0 Å². The molecule has 126 valence electrons. The third-order valence-corrected chi connectivity index (χ3v) is 7.43. The predicted molar refractivity (Wildman–Crippen MR) is 86.3 cm³/mol. The molecule has 1 saturated heterocycles. The second kappa shape index (κ2) is 6.22. The van der Waals surface area contributed by atoms with Crippen molar-refractivity contribution < 1.29 is 17.9 Å². The van der Waals surface area contributed by atoms with Crippen LogP contribution in [-0.2, 0) is 19.6 Å². The monoisotopic (exact) mass is 338 g/mol. The SMILES string of the molecule is COCCC1(S(=O)(=O)N2CCNC(=O)C2c2ccccc2)CC1. The maximum Gasteiger partial charge on any atom is 0.243 e. The summed E-state index contributed by atoms with van der Waals surface area (Å²) < 4.78 is 32.1. The molecule has 0 radical (unpaired) electrons. The number of ether oxygens (including phenoxy) is 1. The van der Waals surface area contributed by atoms with Gasteiger partial charge in [-0.25, -0.2) is 8.42 Å². The lowest BCUT2D eigenvalue weighted by atomic mass is 10.1. The molecule has 2 fully saturated rings. The van der Waals surface area contributed by atoms with E-state index in [1.165, 1.54) is 4.31 Å². The summed E-state index contributed by atoms with van der Waals surface area (Å²) in [7, 11) is -1.99. The number of carbonyl (C=O) groups is 1. The third kappa shape index (κ3) is 2.88. The highest BCUT2D eigenvalue weighted by Crippen LogP contribution is 2.49. The van der Waals surface area contributed by atoms with Gasteiger partial charge in [-0.3, -0.25) is 4.79 Å². The molecule has 0 bridgehead atoms. The van der Waals surface area contributed by atoms with Gasteiger partial charge in [0.05, 0.1) is 4.75 Å². The Bertz CT molecular complexity index is 671. The van der Waals surface area contributed by atoms with Crippen LogP contribution in [0.4, 0.5) is 0 Å². The number of hydrogen-bond donors (Lipinski definition) is 1. The highest BCUT2D eigenvalue weighted by Gasteiger charge is 2.58. The maximum atomic E-state index is 13.2. The van der Waals surface area contributed by atoms with Crippen molar-refractivity contribution >= 4 is 15.9 Å². The molecule has 6 nitrogen and oxygen atoms in total. The topological polar surface area (TPSA) is 75.7 Å². The van der Waals surface area contributed by atoms with Gasteiger partial charge in [-0.05, 0) is 24.8 Å². The van der Waals surface area contributed by atoms with Gasteiger partial charge in [-0.2, -0.15) is 4.31 Å². The normalized spacial score (nSPS) is 24.2. The Labute approximate surface area is 136 Å². The quantitative estimate of drug-likeness (QED) is 0.841. The highest BCUT2D eigenvalue weighted by atomic mass is 32.2. The summed E-state index contributed by atoms with van der Waals surface area (Å²) in [5.74, 6) is -0.256. The first-order valence-electron chi connectivity index (χ1n) is 7.85. The number of nitrogens with zero attached hydrogens (tertiary/aromatic N) is 1. The Morgan fingerprint density at radius 2 is 2.00 bits per heavy atom. The minimum atomic E-state index is -3.56. The predicted octanol–water partition coefficient (Wildman–Crippen LogP) is 1.06. The number of piperazine rings is 1. The summed E-state index contributed by atoms with van der Waals surface area (Å²) in [6.45, 7) is 1.07. The summed E-state index contributed by atoms with van der Waals surface area (Å²) in [6, 6.07) is 8.30. The van der Waals surface area contributed by atoms with Gasteiger partial charge in [0.15, 0.2) is 0 Å². The van der Waals surface area contributed by atoms with Crippen LogP contribution in [0.15, 0.2) is 30.3 Å². The van der Waals surface area contributed by atoms with E-state index < -0.39 is 20.8 Å². The zero-order chi connectivity index (χ0) is 16.5. The van der Waals surface area contributed by atoms with Gasteiger partial charge < -0.3 is 10.1 Å². The van der Waals surface area contributed by atoms with Gasteiger partial charge in [0.1, 0.15) is 6.04 Å². The maximum absolute atomic E-state index is 13.2. The highest BCUT2D eigenvalue weighted by molar-refractivity contribution is 7.90. The molecule has 1 aromatic rings.